The van der Waals surface area contributed by atoms with Crippen molar-refractivity contribution in [3.63, 3.8) is 0 Å². The standard InChI is InChI=1S/C16H16F2O2/c1-11(20-15-5-3-2-4-6-15)16(19)9-12-7-13(17)10-14(18)8-12/h2-8,10-11,16,19H,9H2,1H3. The van der Waals surface area contributed by atoms with Crippen molar-refractivity contribution in [2.24, 2.45) is 0 Å². The van der Waals surface area contributed by atoms with Crippen molar-refractivity contribution in [3.05, 3.63) is 65.7 Å². The number of benzene rings is 2. The molecule has 0 bridgehead atoms. The lowest BCUT2D eigenvalue weighted by atomic mass is 10.0. The van der Waals surface area contributed by atoms with Crippen molar-refractivity contribution in [3.8, 4) is 5.75 Å². The van der Waals surface area contributed by atoms with Gasteiger partial charge in [-0.25, -0.2) is 8.78 Å². The summed E-state index contributed by atoms with van der Waals surface area (Å²) in [5.41, 5.74) is 0.401. The molecule has 4 heteroatoms. The highest BCUT2D eigenvalue weighted by Gasteiger charge is 2.17. The van der Waals surface area contributed by atoms with Gasteiger partial charge in [0, 0.05) is 12.5 Å². The molecule has 0 saturated carbocycles. The number of aliphatic hydroxyl groups excluding tert-OH is 1. The molecule has 0 aliphatic rings. The topological polar surface area (TPSA) is 29.5 Å². The van der Waals surface area contributed by atoms with Crippen molar-refractivity contribution in [2.45, 2.75) is 25.6 Å². The molecule has 20 heavy (non-hydrogen) atoms. The summed E-state index contributed by atoms with van der Waals surface area (Å²) in [6.45, 7) is 1.72. The Morgan fingerprint density at radius 2 is 1.65 bits per heavy atom. The molecule has 2 unspecified atom stereocenters. The van der Waals surface area contributed by atoms with E-state index in [1.807, 2.05) is 18.2 Å². The van der Waals surface area contributed by atoms with Crippen LogP contribution in [0.4, 0.5) is 8.78 Å². The normalized spacial score (nSPS) is 13.8. The van der Waals surface area contributed by atoms with E-state index in [9.17, 15) is 13.9 Å². The van der Waals surface area contributed by atoms with E-state index in [1.165, 1.54) is 12.1 Å². The fraction of sp³-hybridized carbons (Fsp3) is 0.250. The number of hydrogen-bond acceptors (Lipinski definition) is 2. The van der Waals surface area contributed by atoms with Crippen molar-refractivity contribution in [2.75, 3.05) is 0 Å². The molecule has 2 atom stereocenters. The van der Waals surface area contributed by atoms with E-state index >= 15 is 0 Å². The van der Waals surface area contributed by atoms with Crippen molar-refractivity contribution in [1.82, 2.24) is 0 Å². The highest BCUT2D eigenvalue weighted by Crippen LogP contribution is 2.16. The monoisotopic (exact) mass is 278 g/mol. The van der Waals surface area contributed by atoms with Gasteiger partial charge in [0.05, 0.1) is 6.10 Å². The van der Waals surface area contributed by atoms with Gasteiger partial charge in [0.2, 0.25) is 0 Å². The van der Waals surface area contributed by atoms with Gasteiger partial charge >= 0.3 is 0 Å². The minimum absolute atomic E-state index is 0.128. The van der Waals surface area contributed by atoms with Gasteiger partial charge in [-0.05, 0) is 36.8 Å². The molecule has 0 aromatic heterocycles. The Labute approximate surface area is 116 Å². The maximum Gasteiger partial charge on any atom is 0.126 e. The van der Waals surface area contributed by atoms with Crippen LogP contribution in [-0.4, -0.2) is 17.3 Å². The maximum atomic E-state index is 13.1. The summed E-state index contributed by atoms with van der Waals surface area (Å²) in [5, 5.41) is 10.0. The van der Waals surface area contributed by atoms with Gasteiger partial charge < -0.3 is 9.84 Å². The van der Waals surface area contributed by atoms with Gasteiger partial charge in [-0.15, -0.1) is 0 Å². The Hall–Kier alpha value is -1.94. The first-order chi connectivity index (χ1) is 9.54. The first-order valence-corrected chi connectivity index (χ1v) is 6.39. The third-order valence-corrected chi connectivity index (χ3v) is 2.97. The molecule has 2 nitrogen and oxygen atoms in total. The summed E-state index contributed by atoms with van der Waals surface area (Å²) in [7, 11) is 0. The fourth-order valence-electron chi connectivity index (χ4n) is 1.93. The van der Waals surface area contributed by atoms with Crippen molar-refractivity contribution >= 4 is 0 Å². The number of halogens is 2. The van der Waals surface area contributed by atoms with Crippen LogP contribution in [0.15, 0.2) is 48.5 Å². The second kappa shape index (κ2) is 6.48. The molecule has 0 aliphatic carbocycles. The molecular formula is C16H16F2O2. The molecule has 2 rings (SSSR count). The van der Waals surface area contributed by atoms with Gasteiger partial charge in [0.25, 0.3) is 0 Å². The van der Waals surface area contributed by atoms with Gasteiger partial charge in [0.15, 0.2) is 0 Å². The minimum Gasteiger partial charge on any atom is -0.488 e. The Morgan fingerprint density at radius 3 is 2.25 bits per heavy atom. The number of para-hydroxylation sites is 1. The Kier molecular flexibility index (Phi) is 4.69. The predicted molar refractivity (Wildman–Crippen MR) is 72.6 cm³/mol. The summed E-state index contributed by atoms with van der Waals surface area (Å²) in [6.07, 6.45) is -1.21. The van der Waals surface area contributed by atoms with Crippen LogP contribution < -0.4 is 4.74 Å². The molecule has 0 spiro atoms. The highest BCUT2D eigenvalue weighted by molar-refractivity contribution is 5.22. The lowest BCUT2D eigenvalue weighted by Crippen LogP contribution is -2.30. The summed E-state index contributed by atoms with van der Waals surface area (Å²) >= 11 is 0. The SMILES string of the molecule is CC(Oc1ccccc1)C(O)Cc1cc(F)cc(F)c1. The van der Waals surface area contributed by atoms with Crippen LogP contribution in [0, 0.1) is 11.6 Å². The fourth-order valence-corrected chi connectivity index (χ4v) is 1.93. The van der Waals surface area contributed by atoms with Crippen molar-refractivity contribution < 1.29 is 18.6 Å². The molecule has 0 aliphatic heterocycles. The Bertz CT molecular complexity index is 537. The van der Waals surface area contributed by atoms with Gasteiger partial charge in [0.1, 0.15) is 23.5 Å². The van der Waals surface area contributed by atoms with E-state index in [2.05, 4.69) is 0 Å². The van der Waals surface area contributed by atoms with E-state index in [0.29, 0.717) is 11.3 Å². The molecule has 0 fully saturated rings. The quantitative estimate of drug-likeness (QED) is 0.909. The zero-order valence-corrected chi connectivity index (χ0v) is 11.1. The van der Waals surface area contributed by atoms with Crippen LogP contribution in [0.25, 0.3) is 0 Å². The zero-order valence-electron chi connectivity index (χ0n) is 11.1. The lowest BCUT2D eigenvalue weighted by Gasteiger charge is -2.20. The van der Waals surface area contributed by atoms with Crippen LogP contribution in [0.3, 0.4) is 0 Å². The first kappa shape index (κ1) is 14.5. The van der Waals surface area contributed by atoms with E-state index in [4.69, 9.17) is 4.74 Å². The number of hydrogen-bond donors (Lipinski definition) is 1. The Balaban J connectivity index is 1.98. The largest absolute Gasteiger partial charge is 0.488 e. The van der Waals surface area contributed by atoms with Crippen LogP contribution in [0.2, 0.25) is 0 Å². The third-order valence-electron chi connectivity index (χ3n) is 2.97. The molecule has 0 heterocycles. The van der Waals surface area contributed by atoms with Crippen molar-refractivity contribution in [1.29, 1.82) is 0 Å². The predicted octanol–water partition coefficient (Wildman–Crippen LogP) is 3.34. The van der Waals surface area contributed by atoms with Crippen LogP contribution in [0.1, 0.15) is 12.5 Å². The summed E-state index contributed by atoms with van der Waals surface area (Å²) in [6, 6.07) is 12.3. The number of rotatable bonds is 5. The molecule has 0 amide bonds. The molecule has 2 aromatic carbocycles. The van der Waals surface area contributed by atoms with E-state index in [-0.39, 0.29) is 6.42 Å². The van der Waals surface area contributed by atoms with E-state index < -0.39 is 23.8 Å². The van der Waals surface area contributed by atoms with Crippen LogP contribution in [-0.2, 0) is 6.42 Å². The van der Waals surface area contributed by atoms with E-state index in [1.54, 1.807) is 19.1 Å². The molecule has 0 saturated heterocycles. The molecule has 0 radical (unpaired) electrons. The van der Waals surface area contributed by atoms with Gasteiger partial charge in [-0.2, -0.15) is 0 Å². The number of ether oxygens (including phenoxy) is 1. The molecular weight excluding hydrogens is 262 g/mol. The number of aliphatic hydroxyl groups is 1. The van der Waals surface area contributed by atoms with E-state index in [0.717, 1.165) is 6.07 Å². The molecule has 1 N–H and O–H groups in total. The second-order valence-electron chi connectivity index (χ2n) is 4.69. The minimum atomic E-state index is -0.851. The lowest BCUT2D eigenvalue weighted by molar-refractivity contribution is 0.0478. The Morgan fingerprint density at radius 1 is 1.05 bits per heavy atom. The molecule has 2 aromatic rings. The van der Waals surface area contributed by atoms with Crippen LogP contribution in [0.5, 0.6) is 5.75 Å². The highest BCUT2D eigenvalue weighted by atomic mass is 19.1. The van der Waals surface area contributed by atoms with Crippen LogP contribution >= 0.6 is 0 Å². The molecule has 106 valence electrons. The maximum absolute atomic E-state index is 13.1. The average molecular weight is 278 g/mol. The summed E-state index contributed by atoms with van der Waals surface area (Å²) in [5.74, 6) is -0.655. The average Bonchev–Trinajstić information content (AvgIpc) is 2.38. The summed E-state index contributed by atoms with van der Waals surface area (Å²) < 4.78 is 31.7. The third kappa shape index (κ3) is 4.03. The smallest absolute Gasteiger partial charge is 0.126 e. The first-order valence-electron chi connectivity index (χ1n) is 6.39. The second-order valence-corrected chi connectivity index (χ2v) is 4.69. The zero-order chi connectivity index (χ0) is 14.5. The summed E-state index contributed by atoms with van der Waals surface area (Å²) in [4.78, 5) is 0. The van der Waals surface area contributed by atoms with Gasteiger partial charge in [-0.3, -0.25) is 0 Å². The van der Waals surface area contributed by atoms with Gasteiger partial charge in [-0.1, -0.05) is 18.2 Å².